The number of nitrogens with zero attached hydrogens (tertiary/aromatic N) is 1. The summed E-state index contributed by atoms with van der Waals surface area (Å²) in [5.74, 6) is -0.248. The Hall–Kier alpha value is -0.120. The lowest BCUT2D eigenvalue weighted by atomic mass is 10.2. The van der Waals surface area contributed by atoms with Gasteiger partial charge in [0.1, 0.15) is 0 Å². The molecule has 1 spiro atoms. The molecule has 2 saturated heterocycles. The molecule has 13 heavy (non-hydrogen) atoms. The maximum absolute atomic E-state index is 5.74. The van der Waals surface area contributed by atoms with Crippen LogP contribution in [0.1, 0.15) is 26.7 Å². The summed E-state index contributed by atoms with van der Waals surface area (Å²) in [4.78, 5) is 2.42. The van der Waals surface area contributed by atoms with Gasteiger partial charge in [-0.2, -0.15) is 0 Å². The van der Waals surface area contributed by atoms with Gasteiger partial charge in [0.15, 0.2) is 5.79 Å². The van der Waals surface area contributed by atoms with Gasteiger partial charge >= 0.3 is 0 Å². The quantitative estimate of drug-likeness (QED) is 0.613. The largest absolute Gasteiger partial charge is 0.349 e. The van der Waals surface area contributed by atoms with Crippen LogP contribution in [0, 0.1) is 0 Å². The third kappa shape index (κ3) is 1.87. The van der Waals surface area contributed by atoms with Crippen LogP contribution in [0.3, 0.4) is 0 Å². The summed E-state index contributed by atoms with van der Waals surface area (Å²) >= 11 is 0. The Kier molecular flexibility index (Phi) is 2.58. The molecule has 2 aliphatic rings. The Labute approximate surface area is 80.0 Å². The second-order valence-electron chi connectivity index (χ2n) is 4.28. The molecule has 0 aromatic heterocycles. The average molecular weight is 185 g/mol. The molecule has 2 aliphatic heterocycles. The number of ether oxygens (including phenoxy) is 2. The fourth-order valence-corrected chi connectivity index (χ4v) is 2.07. The van der Waals surface area contributed by atoms with Crippen LogP contribution in [-0.4, -0.2) is 43.0 Å². The van der Waals surface area contributed by atoms with Gasteiger partial charge in [-0.3, -0.25) is 4.90 Å². The zero-order chi connectivity index (χ0) is 9.31. The summed E-state index contributed by atoms with van der Waals surface area (Å²) in [7, 11) is 0. The summed E-state index contributed by atoms with van der Waals surface area (Å²) < 4.78 is 11.5. The lowest BCUT2D eigenvalue weighted by Crippen LogP contribution is -2.44. The molecule has 0 atom stereocenters. The molecule has 2 fully saturated rings. The van der Waals surface area contributed by atoms with Crippen molar-refractivity contribution in [3.05, 3.63) is 0 Å². The van der Waals surface area contributed by atoms with E-state index in [1.807, 2.05) is 0 Å². The molecule has 3 nitrogen and oxygen atoms in total. The predicted molar refractivity (Wildman–Crippen MR) is 50.6 cm³/mol. The minimum absolute atomic E-state index is 0.248. The normalized spacial score (nSPS) is 28.8. The molecule has 0 N–H and O–H groups in total. The van der Waals surface area contributed by atoms with Gasteiger partial charge in [0.05, 0.1) is 19.8 Å². The van der Waals surface area contributed by atoms with Crippen LogP contribution in [-0.2, 0) is 9.47 Å². The van der Waals surface area contributed by atoms with E-state index in [1.165, 1.54) is 0 Å². The first-order valence-electron chi connectivity index (χ1n) is 5.24. The van der Waals surface area contributed by atoms with E-state index in [4.69, 9.17) is 9.47 Å². The van der Waals surface area contributed by atoms with Crippen LogP contribution in [0.5, 0.6) is 0 Å². The Morgan fingerprint density at radius 1 is 1.23 bits per heavy atom. The minimum Gasteiger partial charge on any atom is -0.349 e. The van der Waals surface area contributed by atoms with Crippen molar-refractivity contribution in [1.29, 1.82) is 0 Å². The van der Waals surface area contributed by atoms with E-state index in [2.05, 4.69) is 18.7 Å². The van der Waals surface area contributed by atoms with E-state index in [9.17, 15) is 0 Å². The van der Waals surface area contributed by atoms with Crippen LogP contribution in [0.2, 0.25) is 0 Å². The van der Waals surface area contributed by atoms with E-state index in [0.717, 1.165) is 39.1 Å². The summed E-state index contributed by atoms with van der Waals surface area (Å²) in [5, 5.41) is 0. The Balaban J connectivity index is 1.94. The van der Waals surface area contributed by atoms with Crippen molar-refractivity contribution in [3.8, 4) is 0 Å². The average Bonchev–Trinajstić information content (AvgIpc) is 2.51. The van der Waals surface area contributed by atoms with Crippen LogP contribution in [0.4, 0.5) is 0 Å². The summed E-state index contributed by atoms with van der Waals surface area (Å²) in [6, 6.07) is 0.605. The van der Waals surface area contributed by atoms with Crippen molar-refractivity contribution >= 4 is 0 Å². The fourth-order valence-electron chi connectivity index (χ4n) is 2.07. The van der Waals surface area contributed by atoms with Gasteiger partial charge < -0.3 is 9.47 Å². The van der Waals surface area contributed by atoms with Crippen molar-refractivity contribution < 1.29 is 9.47 Å². The molecule has 0 bridgehead atoms. The van der Waals surface area contributed by atoms with Crippen molar-refractivity contribution in [3.63, 3.8) is 0 Å². The summed E-state index contributed by atoms with van der Waals surface area (Å²) in [5.41, 5.74) is 0. The first-order chi connectivity index (χ1) is 6.22. The SMILES string of the molecule is CC(C)N1CCC2(C1)OCCCO2. The molecule has 76 valence electrons. The highest BCUT2D eigenvalue weighted by molar-refractivity contribution is 4.87. The second-order valence-corrected chi connectivity index (χ2v) is 4.28. The van der Waals surface area contributed by atoms with Crippen LogP contribution in [0.15, 0.2) is 0 Å². The topological polar surface area (TPSA) is 21.7 Å². The Morgan fingerprint density at radius 2 is 1.92 bits per heavy atom. The van der Waals surface area contributed by atoms with Crippen molar-refractivity contribution in [2.75, 3.05) is 26.3 Å². The predicted octanol–water partition coefficient (Wildman–Crippen LogP) is 1.23. The van der Waals surface area contributed by atoms with Crippen LogP contribution in [0.25, 0.3) is 0 Å². The van der Waals surface area contributed by atoms with Gasteiger partial charge in [-0.15, -0.1) is 0 Å². The monoisotopic (exact) mass is 185 g/mol. The molecule has 3 heteroatoms. The Bertz CT molecular complexity index is 176. The van der Waals surface area contributed by atoms with E-state index in [1.54, 1.807) is 0 Å². The standard InChI is InChI=1S/C10H19NO2/c1-9(2)11-5-4-10(8-11)12-6-3-7-13-10/h9H,3-8H2,1-2H3. The highest BCUT2D eigenvalue weighted by Crippen LogP contribution is 2.30. The molecule has 0 aromatic rings. The van der Waals surface area contributed by atoms with E-state index >= 15 is 0 Å². The molecule has 0 aromatic carbocycles. The van der Waals surface area contributed by atoms with E-state index < -0.39 is 0 Å². The number of rotatable bonds is 1. The Morgan fingerprint density at radius 3 is 2.46 bits per heavy atom. The fraction of sp³-hybridized carbons (Fsp3) is 1.00. The minimum atomic E-state index is -0.248. The van der Waals surface area contributed by atoms with Gasteiger partial charge in [0.2, 0.25) is 0 Å². The molecular weight excluding hydrogens is 166 g/mol. The third-order valence-corrected chi connectivity index (χ3v) is 2.97. The molecule has 0 saturated carbocycles. The molecule has 2 rings (SSSR count). The second kappa shape index (κ2) is 3.56. The zero-order valence-corrected chi connectivity index (χ0v) is 8.58. The molecule has 0 unspecified atom stereocenters. The highest BCUT2D eigenvalue weighted by Gasteiger charge is 2.42. The van der Waals surface area contributed by atoms with Gasteiger partial charge in [0.25, 0.3) is 0 Å². The van der Waals surface area contributed by atoms with Crippen LogP contribution >= 0.6 is 0 Å². The lowest BCUT2D eigenvalue weighted by molar-refractivity contribution is -0.257. The maximum Gasteiger partial charge on any atom is 0.182 e. The van der Waals surface area contributed by atoms with E-state index in [0.29, 0.717) is 6.04 Å². The first kappa shape index (κ1) is 9.44. The highest BCUT2D eigenvalue weighted by atomic mass is 16.7. The number of likely N-dealkylation sites (tertiary alicyclic amines) is 1. The van der Waals surface area contributed by atoms with Gasteiger partial charge in [0, 0.05) is 19.0 Å². The first-order valence-corrected chi connectivity index (χ1v) is 5.24. The molecule has 2 heterocycles. The van der Waals surface area contributed by atoms with E-state index in [-0.39, 0.29) is 5.79 Å². The number of hydrogen-bond acceptors (Lipinski definition) is 3. The summed E-state index contributed by atoms with van der Waals surface area (Å²) in [6.07, 6.45) is 2.08. The maximum atomic E-state index is 5.74. The van der Waals surface area contributed by atoms with Gasteiger partial charge in [-0.1, -0.05) is 0 Å². The van der Waals surface area contributed by atoms with Gasteiger partial charge in [-0.25, -0.2) is 0 Å². The molecular formula is C10H19NO2. The summed E-state index contributed by atoms with van der Waals surface area (Å²) in [6.45, 7) is 8.24. The number of hydrogen-bond donors (Lipinski definition) is 0. The van der Waals surface area contributed by atoms with Gasteiger partial charge in [-0.05, 0) is 20.3 Å². The smallest absolute Gasteiger partial charge is 0.182 e. The molecule has 0 aliphatic carbocycles. The molecule has 0 amide bonds. The van der Waals surface area contributed by atoms with Crippen molar-refractivity contribution in [1.82, 2.24) is 4.90 Å². The van der Waals surface area contributed by atoms with Crippen molar-refractivity contribution in [2.24, 2.45) is 0 Å². The molecule has 0 radical (unpaired) electrons. The third-order valence-electron chi connectivity index (χ3n) is 2.97. The lowest BCUT2D eigenvalue weighted by Gasteiger charge is -2.34. The zero-order valence-electron chi connectivity index (χ0n) is 8.58. The van der Waals surface area contributed by atoms with Crippen LogP contribution < -0.4 is 0 Å². The van der Waals surface area contributed by atoms with Crippen molar-refractivity contribution in [2.45, 2.75) is 38.5 Å².